The molecule has 1 unspecified atom stereocenters. The van der Waals surface area contributed by atoms with Crippen LogP contribution in [0.25, 0.3) is 0 Å². The van der Waals surface area contributed by atoms with Crippen LogP contribution in [0.1, 0.15) is 57.8 Å². The second kappa shape index (κ2) is 9.89. The van der Waals surface area contributed by atoms with E-state index in [1.807, 2.05) is 20.8 Å². The molecule has 8 nitrogen and oxygen atoms in total. The molecule has 8 heteroatoms. The van der Waals surface area contributed by atoms with Crippen molar-refractivity contribution in [3.63, 3.8) is 0 Å². The summed E-state index contributed by atoms with van der Waals surface area (Å²) < 4.78 is 0. The lowest BCUT2D eigenvalue weighted by Crippen LogP contribution is -2.41. The fraction of sp³-hybridized carbons (Fsp3) is 0.579. The lowest BCUT2D eigenvalue weighted by molar-refractivity contribution is -0.384. The van der Waals surface area contributed by atoms with E-state index in [0.717, 1.165) is 6.42 Å². The highest BCUT2D eigenvalue weighted by Gasteiger charge is 2.24. The number of nitrogens with zero attached hydrogens (tertiary/aromatic N) is 1. The molecule has 27 heavy (non-hydrogen) atoms. The average Bonchev–Trinajstić information content (AvgIpc) is 2.52. The first-order valence-electron chi connectivity index (χ1n) is 9.09. The minimum absolute atomic E-state index is 0.0332. The third-order valence-electron chi connectivity index (χ3n) is 3.99. The zero-order chi connectivity index (χ0) is 20.7. The lowest BCUT2D eigenvalue weighted by Gasteiger charge is -2.18. The maximum Gasteiger partial charge on any atom is 0.326 e. The Morgan fingerprint density at radius 1 is 1.11 bits per heavy atom. The molecule has 0 fully saturated rings. The van der Waals surface area contributed by atoms with E-state index in [0.29, 0.717) is 11.6 Å². The summed E-state index contributed by atoms with van der Waals surface area (Å²) in [6.45, 7) is 9.78. The molecule has 2 atom stereocenters. The number of hydrogen-bond acceptors (Lipinski definition) is 5. The lowest BCUT2D eigenvalue weighted by atomic mass is 10.0. The predicted molar refractivity (Wildman–Crippen MR) is 104 cm³/mol. The van der Waals surface area contributed by atoms with Crippen molar-refractivity contribution < 1.29 is 19.6 Å². The summed E-state index contributed by atoms with van der Waals surface area (Å²) >= 11 is 0. The van der Waals surface area contributed by atoms with E-state index < -0.39 is 22.8 Å². The third kappa shape index (κ3) is 7.24. The van der Waals surface area contributed by atoms with Crippen LogP contribution in [0.3, 0.4) is 0 Å². The molecule has 0 aromatic heterocycles. The summed E-state index contributed by atoms with van der Waals surface area (Å²) in [5.41, 5.74) is 0.175. The molecule has 0 heterocycles. The van der Waals surface area contributed by atoms with Gasteiger partial charge in [-0.2, -0.15) is 0 Å². The standard InChI is InChI=1S/C19H29N3O5/c1-11(2)8-13(5)20-15-7-6-14(10-17(15)22(26)27)18(23)21-16(19(24)25)9-12(3)4/h6-7,10-13,16,20H,8-9H2,1-5H3,(H,21,23)(H,24,25)/t13?,16-/m0/s1. The van der Waals surface area contributed by atoms with Gasteiger partial charge in [0.1, 0.15) is 11.7 Å². The van der Waals surface area contributed by atoms with Crippen LogP contribution >= 0.6 is 0 Å². The first-order chi connectivity index (χ1) is 12.5. The number of benzene rings is 1. The Bertz CT molecular complexity index is 688. The van der Waals surface area contributed by atoms with Gasteiger partial charge in [0.05, 0.1) is 4.92 Å². The molecule has 0 aliphatic heterocycles. The Kier molecular flexibility index (Phi) is 8.21. The minimum atomic E-state index is -1.13. The van der Waals surface area contributed by atoms with E-state index in [1.54, 1.807) is 0 Å². The summed E-state index contributed by atoms with van der Waals surface area (Å²) in [6, 6.07) is 3.11. The van der Waals surface area contributed by atoms with Crippen molar-refractivity contribution in [2.24, 2.45) is 11.8 Å². The predicted octanol–water partition coefficient (Wildman–Crippen LogP) is 3.67. The SMILES string of the molecule is CC(C)CC(C)Nc1ccc(C(=O)N[C@@H](CC(C)C)C(=O)O)cc1[N+](=O)[O-]. The van der Waals surface area contributed by atoms with Crippen LogP contribution in [-0.4, -0.2) is 34.0 Å². The highest BCUT2D eigenvalue weighted by atomic mass is 16.6. The van der Waals surface area contributed by atoms with Crippen LogP contribution in [-0.2, 0) is 4.79 Å². The van der Waals surface area contributed by atoms with Crippen molar-refractivity contribution in [1.82, 2.24) is 5.32 Å². The molecule has 0 aliphatic carbocycles. The van der Waals surface area contributed by atoms with Crippen LogP contribution in [0.4, 0.5) is 11.4 Å². The Morgan fingerprint density at radius 2 is 1.70 bits per heavy atom. The summed E-state index contributed by atoms with van der Waals surface area (Å²) in [5.74, 6) is -1.26. The summed E-state index contributed by atoms with van der Waals surface area (Å²) in [6.07, 6.45) is 1.12. The van der Waals surface area contributed by atoms with E-state index in [4.69, 9.17) is 0 Å². The fourth-order valence-electron chi connectivity index (χ4n) is 2.91. The smallest absolute Gasteiger partial charge is 0.326 e. The van der Waals surface area contributed by atoms with E-state index in [1.165, 1.54) is 18.2 Å². The molecule has 1 amide bonds. The van der Waals surface area contributed by atoms with Gasteiger partial charge in [-0.3, -0.25) is 14.9 Å². The van der Waals surface area contributed by atoms with Crippen LogP contribution in [0.5, 0.6) is 0 Å². The molecule has 3 N–H and O–H groups in total. The number of carbonyl (C=O) groups is 2. The van der Waals surface area contributed by atoms with Crippen molar-refractivity contribution in [3.8, 4) is 0 Å². The largest absolute Gasteiger partial charge is 0.480 e. The minimum Gasteiger partial charge on any atom is -0.480 e. The molecule has 0 saturated carbocycles. The number of rotatable bonds is 10. The van der Waals surface area contributed by atoms with Gasteiger partial charge in [0.2, 0.25) is 0 Å². The highest BCUT2D eigenvalue weighted by Crippen LogP contribution is 2.27. The van der Waals surface area contributed by atoms with Crippen LogP contribution < -0.4 is 10.6 Å². The number of aliphatic carboxylic acids is 1. The maximum absolute atomic E-state index is 12.4. The quantitative estimate of drug-likeness (QED) is 0.421. The summed E-state index contributed by atoms with van der Waals surface area (Å²) in [5, 5.41) is 26.2. The number of nitrogens with one attached hydrogen (secondary N) is 2. The van der Waals surface area contributed by atoms with Gasteiger partial charge in [-0.25, -0.2) is 4.79 Å². The van der Waals surface area contributed by atoms with E-state index in [-0.39, 0.29) is 29.6 Å². The second-order valence-electron chi connectivity index (χ2n) is 7.66. The second-order valence-corrected chi connectivity index (χ2v) is 7.66. The molecule has 150 valence electrons. The van der Waals surface area contributed by atoms with E-state index in [9.17, 15) is 24.8 Å². The van der Waals surface area contributed by atoms with E-state index in [2.05, 4.69) is 24.5 Å². The number of carbonyl (C=O) groups excluding carboxylic acids is 1. The summed E-state index contributed by atoms with van der Waals surface area (Å²) in [7, 11) is 0. The molecule has 0 saturated heterocycles. The van der Waals surface area contributed by atoms with Crippen molar-refractivity contribution >= 4 is 23.3 Å². The van der Waals surface area contributed by atoms with Crippen molar-refractivity contribution in [1.29, 1.82) is 0 Å². The van der Waals surface area contributed by atoms with Gasteiger partial charge in [-0.15, -0.1) is 0 Å². The highest BCUT2D eigenvalue weighted by molar-refractivity contribution is 5.97. The van der Waals surface area contributed by atoms with Gasteiger partial charge in [0.25, 0.3) is 11.6 Å². The van der Waals surface area contributed by atoms with E-state index >= 15 is 0 Å². The first kappa shape index (κ1) is 22.4. The number of nitro benzene ring substituents is 1. The molecule has 1 rings (SSSR count). The van der Waals surface area contributed by atoms with Gasteiger partial charge < -0.3 is 15.7 Å². The molecule has 1 aromatic carbocycles. The fourth-order valence-corrected chi connectivity index (χ4v) is 2.91. The van der Waals surface area contributed by atoms with Crippen LogP contribution in [0, 0.1) is 22.0 Å². The number of carboxylic acids is 1. The molecule has 0 bridgehead atoms. The molecule has 0 radical (unpaired) electrons. The van der Waals surface area contributed by atoms with Crippen molar-refractivity contribution in [2.45, 2.75) is 59.5 Å². The number of carboxylic acid groups (broad SMARTS) is 1. The number of anilines is 1. The number of nitro groups is 1. The molecule has 0 spiro atoms. The average molecular weight is 379 g/mol. The Morgan fingerprint density at radius 3 is 2.19 bits per heavy atom. The van der Waals surface area contributed by atoms with Crippen LogP contribution in [0.2, 0.25) is 0 Å². The molecular weight excluding hydrogens is 350 g/mol. The van der Waals surface area contributed by atoms with Gasteiger partial charge >= 0.3 is 5.97 Å². The third-order valence-corrected chi connectivity index (χ3v) is 3.99. The van der Waals surface area contributed by atoms with Gasteiger partial charge in [-0.05, 0) is 43.7 Å². The summed E-state index contributed by atoms with van der Waals surface area (Å²) in [4.78, 5) is 34.5. The molecule has 0 aliphatic rings. The molecule has 1 aromatic rings. The van der Waals surface area contributed by atoms with Crippen molar-refractivity contribution in [3.05, 3.63) is 33.9 Å². The zero-order valence-electron chi connectivity index (χ0n) is 16.5. The Hall–Kier alpha value is -2.64. The number of amides is 1. The maximum atomic E-state index is 12.4. The normalized spacial score (nSPS) is 13.3. The topological polar surface area (TPSA) is 122 Å². The zero-order valence-corrected chi connectivity index (χ0v) is 16.5. The van der Waals surface area contributed by atoms with Crippen LogP contribution in [0.15, 0.2) is 18.2 Å². The number of hydrogen-bond donors (Lipinski definition) is 3. The van der Waals surface area contributed by atoms with Gasteiger partial charge in [0, 0.05) is 17.7 Å². The van der Waals surface area contributed by atoms with Gasteiger partial charge in [0.15, 0.2) is 0 Å². The monoisotopic (exact) mass is 379 g/mol. The Balaban J connectivity index is 3.02. The van der Waals surface area contributed by atoms with Crippen molar-refractivity contribution in [2.75, 3.05) is 5.32 Å². The Labute approximate surface area is 159 Å². The molecular formula is C19H29N3O5. The van der Waals surface area contributed by atoms with Gasteiger partial charge in [-0.1, -0.05) is 27.7 Å². The first-order valence-corrected chi connectivity index (χ1v) is 9.09.